The molecule has 1 heteroatoms. The van der Waals surface area contributed by atoms with Crippen molar-refractivity contribution in [2.75, 3.05) is 0 Å². The highest BCUT2D eigenvalue weighted by molar-refractivity contribution is 5.21. The summed E-state index contributed by atoms with van der Waals surface area (Å²) in [5.74, 6) is 1.44. The molecule has 28 heavy (non-hydrogen) atoms. The number of unbranched alkanes of at least 4 members (excludes halogenated alkanes) is 3. The van der Waals surface area contributed by atoms with Crippen molar-refractivity contribution in [2.24, 2.45) is 11.3 Å². The molecule has 0 heterocycles. The molecule has 0 spiro atoms. The molecule has 0 radical (unpaired) electrons. The van der Waals surface area contributed by atoms with Gasteiger partial charge in [-0.1, -0.05) is 76.8 Å². The Bertz CT molecular complexity index is 549. The summed E-state index contributed by atoms with van der Waals surface area (Å²) in [5.41, 5.74) is 1.94. The van der Waals surface area contributed by atoms with E-state index < -0.39 is 0 Å². The highest BCUT2D eigenvalue weighted by atomic mass is 19.1. The summed E-state index contributed by atoms with van der Waals surface area (Å²) in [6.07, 6.45) is 24.2. The summed E-state index contributed by atoms with van der Waals surface area (Å²) in [7, 11) is 0. The van der Waals surface area contributed by atoms with Crippen molar-refractivity contribution < 1.29 is 4.39 Å². The van der Waals surface area contributed by atoms with E-state index in [1.807, 2.05) is 6.07 Å². The second kappa shape index (κ2) is 11.4. The van der Waals surface area contributed by atoms with Crippen LogP contribution in [0, 0.1) is 17.2 Å². The van der Waals surface area contributed by atoms with Crippen LogP contribution in [0.2, 0.25) is 0 Å². The Labute approximate surface area is 173 Å². The summed E-state index contributed by atoms with van der Waals surface area (Å²) in [5, 5.41) is 0. The standard InChI is InChI=1S/C27H43F/c1-2-3-6-18-27(19-7-4-8-20-27)21-9-5-11-23-14-16-24(17-15-23)25-12-10-13-26(28)22-25/h10,12-13,22-24H,2-9,11,14-21H2,1H3. The van der Waals surface area contributed by atoms with Gasteiger partial charge in [0, 0.05) is 0 Å². The van der Waals surface area contributed by atoms with Crippen LogP contribution in [0.25, 0.3) is 0 Å². The molecule has 0 nitrogen and oxygen atoms in total. The molecule has 1 aromatic carbocycles. The molecule has 2 fully saturated rings. The van der Waals surface area contributed by atoms with Crippen LogP contribution in [0.5, 0.6) is 0 Å². The molecule has 2 aliphatic carbocycles. The fraction of sp³-hybridized carbons (Fsp3) is 0.778. The third kappa shape index (κ3) is 6.60. The van der Waals surface area contributed by atoms with Gasteiger partial charge in [0.2, 0.25) is 0 Å². The molecule has 0 amide bonds. The molecule has 2 saturated carbocycles. The molecular weight excluding hydrogens is 343 g/mol. The minimum Gasteiger partial charge on any atom is -0.207 e. The van der Waals surface area contributed by atoms with Crippen LogP contribution in [-0.2, 0) is 0 Å². The fourth-order valence-electron chi connectivity index (χ4n) is 6.15. The van der Waals surface area contributed by atoms with Gasteiger partial charge in [0.1, 0.15) is 5.82 Å². The van der Waals surface area contributed by atoms with E-state index in [-0.39, 0.29) is 5.82 Å². The SMILES string of the molecule is CCCCCC1(CCCCC2CCC(c3cccc(F)c3)CC2)CCCCC1. The lowest BCUT2D eigenvalue weighted by Crippen LogP contribution is -2.24. The molecule has 0 unspecified atom stereocenters. The lowest BCUT2D eigenvalue weighted by atomic mass is 9.68. The van der Waals surface area contributed by atoms with Crippen LogP contribution in [-0.4, -0.2) is 0 Å². The zero-order valence-electron chi connectivity index (χ0n) is 18.4. The van der Waals surface area contributed by atoms with Crippen molar-refractivity contribution in [2.45, 2.75) is 122 Å². The summed E-state index contributed by atoms with van der Waals surface area (Å²) < 4.78 is 13.5. The monoisotopic (exact) mass is 386 g/mol. The van der Waals surface area contributed by atoms with Crippen LogP contribution in [0.4, 0.5) is 4.39 Å². The minimum atomic E-state index is -0.0739. The van der Waals surface area contributed by atoms with E-state index in [9.17, 15) is 4.39 Å². The molecule has 0 aromatic heterocycles. The van der Waals surface area contributed by atoms with Crippen molar-refractivity contribution in [3.63, 3.8) is 0 Å². The van der Waals surface area contributed by atoms with Crippen molar-refractivity contribution >= 4 is 0 Å². The number of hydrogen-bond acceptors (Lipinski definition) is 0. The Morgan fingerprint density at radius 2 is 1.61 bits per heavy atom. The largest absolute Gasteiger partial charge is 0.207 e. The van der Waals surface area contributed by atoms with E-state index in [4.69, 9.17) is 0 Å². The normalized spacial score (nSPS) is 24.9. The molecule has 158 valence electrons. The van der Waals surface area contributed by atoms with E-state index in [1.165, 1.54) is 115 Å². The van der Waals surface area contributed by atoms with Gasteiger partial charge in [-0.15, -0.1) is 0 Å². The molecule has 0 N–H and O–H groups in total. The lowest BCUT2D eigenvalue weighted by Gasteiger charge is -2.38. The maximum absolute atomic E-state index is 13.5. The molecule has 1 aromatic rings. The smallest absolute Gasteiger partial charge is 0.123 e. The van der Waals surface area contributed by atoms with Gasteiger partial charge >= 0.3 is 0 Å². The molecule has 0 aliphatic heterocycles. The first-order valence-corrected chi connectivity index (χ1v) is 12.5. The highest BCUT2D eigenvalue weighted by Crippen LogP contribution is 2.45. The second-order valence-electron chi connectivity index (χ2n) is 10.0. The summed E-state index contributed by atoms with van der Waals surface area (Å²) in [4.78, 5) is 0. The first-order chi connectivity index (χ1) is 13.7. The third-order valence-electron chi connectivity index (χ3n) is 7.96. The van der Waals surface area contributed by atoms with E-state index in [0.717, 1.165) is 5.92 Å². The van der Waals surface area contributed by atoms with Gasteiger partial charge in [-0.2, -0.15) is 0 Å². The van der Waals surface area contributed by atoms with Crippen LogP contribution in [0.15, 0.2) is 24.3 Å². The van der Waals surface area contributed by atoms with Crippen molar-refractivity contribution in [1.82, 2.24) is 0 Å². The molecule has 0 saturated heterocycles. The van der Waals surface area contributed by atoms with Gasteiger partial charge in [-0.25, -0.2) is 4.39 Å². The Morgan fingerprint density at radius 3 is 2.29 bits per heavy atom. The predicted octanol–water partition coefficient (Wildman–Crippen LogP) is 9.19. The van der Waals surface area contributed by atoms with Crippen LogP contribution < -0.4 is 0 Å². The molecule has 0 bridgehead atoms. The van der Waals surface area contributed by atoms with Gasteiger partial charge in [0.25, 0.3) is 0 Å². The van der Waals surface area contributed by atoms with Gasteiger partial charge in [-0.05, 0) is 86.3 Å². The van der Waals surface area contributed by atoms with E-state index in [0.29, 0.717) is 11.3 Å². The van der Waals surface area contributed by atoms with E-state index in [2.05, 4.69) is 13.0 Å². The van der Waals surface area contributed by atoms with Crippen molar-refractivity contribution in [3.8, 4) is 0 Å². The lowest BCUT2D eigenvalue weighted by molar-refractivity contribution is 0.145. The highest BCUT2D eigenvalue weighted by Gasteiger charge is 2.31. The molecule has 2 aliphatic rings. The van der Waals surface area contributed by atoms with Crippen LogP contribution >= 0.6 is 0 Å². The molecular formula is C27H43F. The topological polar surface area (TPSA) is 0 Å². The van der Waals surface area contributed by atoms with Gasteiger partial charge in [0.05, 0.1) is 0 Å². The first kappa shape index (κ1) is 21.8. The number of rotatable bonds is 10. The summed E-state index contributed by atoms with van der Waals surface area (Å²) in [6.45, 7) is 2.33. The Kier molecular flexibility index (Phi) is 8.87. The zero-order chi connectivity index (χ0) is 19.7. The molecule has 3 rings (SSSR count). The quantitative estimate of drug-likeness (QED) is 0.351. The summed E-state index contributed by atoms with van der Waals surface area (Å²) >= 11 is 0. The van der Waals surface area contributed by atoms with Gasteiger partial charge in [-0.3, -0.25) is 0 Å². The average Bonchev–Trinajstić information content (AvgIpc) is 2.73. The number of halogens is 1. The maximum atomic E-state index is 13.5. The van der Waals surface area contributed by atoms with Crippen molar-refractivity contribution in [1.29, 1.82) is 0 Å². The number of hydrogen-bond donors (Lipinski definition) is 0. The van der Waals surface area contributed by atoms with Crippen LogP contribution in [0.3, 0.4) is 0 Å². The van der Waals surface area contributed by atoms with Gasteiger partial charge in [0.15, 0.2) is 0 Å². The Balaban J connectivity index is 1.35. The third-order valence-corrected chi connectivity index (χ3v) is 7.96. The maximum Gasteiger partial charge on any atom is 0.123 e. The zero-order valence-corrected chi connectivity index (χ0v) is 18.4. The summed E-state index contributed by atoms with van der Waals surface area (Å²) in [6, 6.07) is 7.32. The van der Waals surface area contributed by atoms with E-state index in [1.54, 1.807) is 12.1 Å². The fourth-order valence-corrected chi connectivity index (χ4v) is 6.15. The van der Waals surface area contributed by atoms with E-state index >= 15 is 0 Å². The first-order valence-electron chi connectivity index (χ1n) is 12.5. The Hall–Kier alpha value is -0.850. The van der Waals surface area contributed by atoms with Gasteiger partial charge < -0.3 is 0 Å². The predicted molar refractivity (Wildman–Crippen MR) is 119 cm³/mol. The van der Waals surface area contributed by atoms with Crippen LogP contribution in [0.1, 0.15) is 128 Å². The molecule has 0 atom stereocenters. The average molecular weight is 387 g/mol. The number of benzene rings is 1. The van der Waals surface area contributed by atoms with Crippen molar-refractivity contribution in [3.05, 3.63) is 35.6 Å². The minimum absolute atomic E-state index is 0.0739. The Morgan fingerprint density at radius 1 is 0.893 bits per heavy atom. The second-order valence-corrected chi connectivity index (χ2v) is 10.0.